The van der Waals surface area contributed by atoms with Crippen molar-refractivity contribution in [1.82, 2.24) is 4.31 Å². The molecule has 1 saturated heterocycles. The molecule has 4 rings (SSSR count). The lowest BCUT2D eigenvalue weighted by atomic mass is 10.2. The Morgan fingerprint density at radius 2 is 1.67 bits per heavy atom. The van der Waals surface area contributed by atoms with Gasteiger partial charge in [-0.2, -0.15) is 4.31 Å². The Balaban J connectivity index is 1.33. The van der Waals surface area contributed by atoms with Gasteiger partial charge >= 0.3 is 5.97 Å². The van der Waals surface area contributed by atoms with Crippen LogP contribution in [-0.2, 0) is 30.9 Å². The molecule has 0 aliphatic carbocycles. The average molecular weight is 555 g/mol. The van der Waals surface area contributed by atoms with Gasteiger partial charge in [0.1, 0.15) is 6.61 Å². The highest BCUT2D eigenvalue weighted by atomic mass is 32.2. The first-order chi connectivity index (χ1) is 18.8. The molecule has 1 aliphatic rings. The molecule has 39 heavy (non-hydrogen) atoms. The maximum absolute atomic E-state index is 12.8. The minimum atomic E-state index is -3.64. The molecule has 1 unspecified atom stereocenters. The van der Waals surface area contributed by atoms with Crippen LogP contribution in [0.3, 0.4) is 0 Å². The van der Waals surface area contributed by atoms with Crippen LogP contribution in [0, 0.1) is 0 Å². The minimum absolute atomic E-state index is 0.118. The topological polar surface area (TPSA) is 120 Å². The van der Waals surface area contributed by atoms with Gasteiger partial charge in [0.05, 0.1) is 30.8 Å². The fourth-order valence-electron chi connectivity index (χ4n) is 3.82. The van der Waals surface area contributed by atoms with E-state index >= 15 is 0 Å². The quantitative estimate of drug-likeness (QED) is 0.378. The average Bonchev–Trinajstić information content (AvgIpc) is 2.97. The van der Waals surface area contributed by atoms with Gasteiger partial charge in [-0.15, -0.1) is 0 Å². The van der Waals surface area contributed by atoms with Gasteiger partial charge in [-0.25, -0.2) is 13.2 Å². The molecule has 1 amide bonds. The summed E-state index contributed by atoms with van der Waals surface area (Å²) in [4.78, 5) is 25.4. The van der Waals surface area contributed by atoms with Gasteiger partial charge in [0.15, 0.2) is 17.6 Å². The third-order valence-electron chi connectivity index (χ3n) is 6.02. The molecule has 1 heterocycles. The predicted octanol–water partition coefficient (Wildman–Crippen LogP) is 3.48. The molecule has 206 valence electrons. The number of amides is 1. The van der Waals surface area contributed by atoms with E-state index in [9.17, 15) is 18.0 Å². The Hall–Kier alpha value is -3.93. The maximum Gasteiger partial charge on any atom is 0.339 e. The van der Waals surface area contributed by atoms with Crippen LogP contribution in [0.2, 0.25) is 0 Å². The Morgan fingerprint density at radius 3 is 2.33 bits per heavy atom. The third-order valence-corrected chi connectivity index (χ3v) is 7.93. The van der Waals surface area contributed by atoms with Gasteiger partial charge in [0.2, 0.25) is 10.0 Å². The number of methoxy groups -OCH3 is 1. The van der Waals surface area contributed by atoms with Crippen LogP contribution in [0.5, 0.6) is 11.5 Å². The third kappa shape index (κ3) is 7.14. The van der Waals surface area contributed by atoms with E-state index in [1.54, 1.807) is 6.07 Å². The summed E-state index contributed by atoms with van der Waals surface area (Å²) in [6.07, 6.45) is -1.12. The molecule has 1 aliphatic heterocycles. The number of carbonyl (C=O) groups excluding carboxylic acids is 2. The number of sulfonamides is 1. The van der Waals surface area contributed by atoms with Gasteiger partial charge in [-0.1, -0.05) is 30.3 Å². The second-order valence-electron chi connectivity index (χ2n) is 8.72. The molecule has 0 saturated carbocycles. The Bertz CT molecular complexity index is 1390. The summed E-state index contributed by atoms with van der Waals surface area (Å²) < 4.78 is 48.6. The molecule has 11 heteroatoms. The SMILES string of the molecule is COc1cc(C(=O)OC(C)C(=O)Nc2ccc(S(=O)(=O)N3CCOCC3)cc2)ccc1OCc1ccccc1. The lowest BCUT2D eigenvalue weighted by molar-refractivity contribution is -0.123. The molecule has 1 fully saturated rings. The van der Waals surface area contributed by atoms with Crippen LogP contribution in [0.4, 0.5) is 5.69 Å². The van der Waals surface area contributed by atoms with Crippen molar-refractivity contribution in [3.8, 4) is 11.5 Å². The van der Waals surface area contributed by atoms with Crippen molar-refractivity contribution in [3.05, 3.63) is 83.9 Å². The second-order valence-corrected chi connectivity index (χ2v) is 10.7. The van der Waals surface area contributed by atoms with E-state index in [1.165, 1.54) is 54.7 Å². The fraction of sp³-hybridized carbons (Fsp3) is 0.286. The molecule has 1 atom stereocenters. The number of carbonyl (C=O) groups is 2. The van der Waals surface area contributed by atoms with Crippen LogP contribution < -0.4 is 14.8 Å². The molecule has 10 nitrogen and oxygen atoms in total. The summed E-state index contributed by atoms with van der Waals surface area (Å²) >= 11 is 0. The fourth-order valence-corrected chi connectivity index (χ4v) is 5.23. The number of hydrogen-bond acceptors (Lipinski definition) is 8. The number of morpholine rings is 1. The summed E-state index contributed by atoms with van der Waals surface area (Å²) in [6.45, 7) is 3.06. The van der Waals surface area contributed by atoms with Crippen molar-refractivity contribution >= 4 is 27.6 Å². The van der Waals surface area contributed by atoms with Crippen LogP contribution in [0.1, 0.15) is 22.8 Å². The number of rotatable bonds is 10. The van der Waals surface area contributed by atoms with E-state index in [0.717, 1.165) is 5.56 Å². The predicted molar refractivity (Wildman–Crippen MR) is 143 cm³/mol. The number of benzene rings is 3. The second kappa shape index (κ2) is 12.7. The highest BCUT2D eigenvalue weighted by Crippen LogP contribution is 2.29. The van der Waals surface area contributed by atoms with Gasteiger partial charge in [0, 0.05) is 18.8 Å². The van der Waals surface area contributed by atoms with E-state index in [1.807, 2.05) is 30.3 Å². The summed E-state index contributed by atoms with van der Waals surface area (Å²) in [6, 6.07) is 20.1. The van der Waals surface area contributed by atoms with Crippen molar-refractivity contribution in [3.63, 3.8) is 0 Å². The van der Waals surface area contributed by atoms with E-state index in [0.29, 0.717) is 50.1 Å². The zero-order chi connectivity index (χ0) is 27.8. The lowest BCUT2D eigenvalue weighted by Crippen LogP contribution is -2.40. The summed E-state index contributed by atoms with van der Waals surface area (Å²) in [5.41, 5.74) is 1.54. The minimum Gasteiger partial charge on any atom is -0.493 e. The Labute approximate surface area is 227 Å². The van der Waals surface area contributed by atoms with Crippen LogP contribution in [0.15, 0.2) is 77.7 Å². The first-order valence-corrected chi connectivity index (χ1v) is 13.8. The molecule has 0 spiro atoms. The van der Waals surface area contributed by atoms with Crippen LogP contribution in [-0.4, -0.2) is 64.1 Å². The van der Waals surface area contributed by atoms with Crippen molar-refractivity contribution in [1.29, 1.82) is 0 Å². The van der Waals surface area contributed by atoms with Crippen molar-refractivity contribution in [2.24, 2.45) is 0 Å². The number of esters is 1. The number of ether oxygens (including phenoxy) is 4. The maximum atomic E-state index is 12.8. The molecule has 0 radical (unpaired) electrons. The van der Waals surface area contributed by atoms with E-state index in [-0.39, 0.29) is 10.5 Å². The largest absolute Gasteiger partial charge is 0.493 e. The van der Waals surface area contributed by atoms with Gasteiger partial charge in [-0.3, -0.25) is 4.79 Å². The van der Waals surface area contributed by atoms with Gasteiger partial charge < -0.3 is 24.3 Å². The van der Waals surface area contributed by atoms with Crippen molar-refractivity contribution in [2.75, 3.05) is 38.7 Å². The number of anilines is 1. The molecule has 3 aromatic rings. The molecule has 0 aromatic heterocycles. The Morgan fingerprint density at radius 1 is 0.974 bits per heavy atom. The van der Waals surface area contributed by atoms with Gasteiger partial charge in [-0.05, 0) is 55.0 Å². The van der Waals surface area contributed by atoms with E-state index in [2.05, 4.69) is 5.32 Å². The molecular weight excluding hydrogens is 524 g/mol. The van der Waals surface area contributed by atoms with Crippen molar-refractivity contribution < 1.29 is 37.0 Å². The number of hydrogen-bond donors (Lipinski definition) is 1. The first kappa shape index (κ1) is 28.1. The zero-order valence-electron chi connectivity index (χ0n) is 21.7. The highest BCUT2D eigenvalue weighted by Gasteiger charge is 2.26. The summed E-state index contributed by atoms with van der Waals surface area (Å²) in [5, 5.41) is 2.63. The summed E-state index contributed by atoms with van der Waals surface area (Å²) in [5.74, 6) is -0.466. The molecule has 3 aromatic carbocycles. The molecule has 1 N–H and O–H groups in total. The van der Waals surface area contributed by atoms with E-state index < -0.39 is 28.0 Å². The first-order valence-electron chi connectivity index (χ1n) is 12.3. The van der Waals surface area contributed by atoms with Crippen LogP contribution >= 0.6 is 0 Å². The number of nitrogens with zero attached hydrogens (tertiary/aromatic N) is 1. The zero-order valence-corrected chi connectivity index (χ0v) is 22.5. The van der Waals surface area contributed by atoms with E-state index in [4.69, 9.17) is 18.9 Å². The lowest BCUT2D eigenvalue weighted by Gasteiger charge is -2.26. The standard InChI is InChI=1S/C28H30N2O8S/c1-20(27(31)29-23-9-11-24(12-10-23)39(33,34)30-14-16-36-17-15-30)38-28(32)22-8-13-25(26(18-22)35-2)37-19-21-6-4-3-5-7-21/h3-13,18,20H,14-17,19H2,1-2H3,(H,29,31). The highest BCUT2D eigenvalue weighted by molar-refractivity contribution is 7.89. The monoisotopic (exact) mass is 554 g/mol. The van der Waals surface area contributed by atoms with Crippen molar-refractivity contribution in [2.45, 2.75) is 24.5 Å². The molecular formula is C28H30N2O8S. The molecule has 0 bridgehead atoms. The number of nitrogens with one attached hydrogen (secondary N) is 1. The smallest absolute Gasteiger partial charge is 0.339 e. The Kier molecular flexibility index (Phi) is 9.18. The normalized spacial score (nSPS) is 14.7. The van der Waals surface area contributed by atoms with Gasteiger partial charge in [0.25, 0.3) is 5.91 Å². The summed E-state index contributed by atoms with van der Waals surface area (Å²) in [7, 11) is -2.18. The van der Waals surface area contributed by atoms with Crippen LogP contribution in [0.25, 0.3) is 0 Å².